The van der Waals surface area contributed by atoms with Crippen molar-refractivity contribution in [3.8, 4) is 0 Å². The Balaban J connectivity index is 1.97. The van der Waals surface area contributed by atoms with Gasteiger partial charge in [0.1, 0.15) is 5.69 Å². The van der Waals surface area contributed by atoms with Crippen molar-refractivity contribution in [3.05, 3.63) is 54.0 Å². The van der Waals surface area contributed by atoms with Crippen LogP contribution in [0.1, 0.15) is 20.8 Å². The highest BCUT2D eigenvalue weighted by Crippen LogP contribution is 2.21. The number of pyridine rings is 1. The van der Waals surface area contributed by atoms with Gasteiger partial charge >= 0.3 is 5.97 Å². The van der Waals surface area contributed by atoms with Crippen LogP contribution in [0.4, 0.5) is 5.69 Å². The van der Waals surface area contributed by atoms with Crippen LogP contribution in [0.3, 0.4) is 0 Å². The number of H-pyrrole nitrogens is 1. The molecule has 0 aliphatic carbocycles. The fourth-order valence-corrected chi connectivity index (χ4v) is 2.02. The zero-order valence-electron chi connectivity index (χ0n) is 10.7. The number of carbonyl (C=O) groups excluding carboxylic acids is 1. The number of amides is 1. The number of carboxylic acids is 1. The molecule has 3 rings (SSSR count). The van der Waals surface area contributed by atoms with Gasteiger partial charge in [-0.1, -0.05) is 6.07 Å². The number of hydrogen-bond acceptors (Lipinski definition) is 4. The number of aromatic nitrogens is 3. The normalized spacial score (nSPS) is 10.5. The van der Waals surface area contributed by atoms with E-state index in [1.54, 1.807) is 18.3 Å². The Morgan fingerprint density at radius 1 is 1.19 bits per heavy atom. The summed E-state index contributed by atoms with van der Waals surface area (Å²) < 4.78 is 0. The van der Waals surface area contributed by atoms with Gasteiger partial charge in [-0.15, -0.1) is 0 Å². The summed E-state index contributed by atoms with van der Waals surface area (Å²) in [5.74, 6) is -1.78. The number of carboxylic acid groups (broad SMARTS) is 1. The Kier molecular flexibility index (Phi) is 3.07. The first-order chi connectivity index (χ1) is 10.2. The van der Waals surface area contributed by atoms with Crippen LogP contribution in [-0.4, -0.2) is 32.2 Å². The minimum absolute atomic E-state index is 0.134. The second-order valence-corrected chi connectivity index (χ2v) is 4.30. The third kappa shape index (κ3) is 2.32. The van der Waals surface area contributed by atoms with Crippen molar-refractivity contribution in [2.75, 3.05) is 5.32 Å². The van der Waals surface area contributed by atoms with Crippen LogP contribution >= 0.6 is 0 Å². The molecule has 0 saturated carbocycles. The van der Waals surface area contributed by atoms with E-state index < -0.39 is 11.9 Å². The lowest BCUT2D eigenvalue weighted by atomic mass is 10.1. The topological polar surface area (TPSA) is 108 Å². The molecule has 0 bridgehead atoms. The van der Waals surface area contributed by atoms with Gasteiger partial charge in [0.15, 0.2) is 0 Å². The van der Waals surface area contributed by atoms with E-state index in [-0.39, 0.29) is 11.3 Å². The molecule has 104 valence electrons. The summed E-state index contributed by atoms with van der Waals surface area (Å²) in [6.45, 7) is 0. The molecule has 0 saturated heterocycles. The van der Waals surface area contributed by atoms with Crippen molar-refractivity contribution in [3.63, 3.8) is 0 Å². The van der Waals surface area contributed by atoms with Crippen molar-refractivity contribution in [1.82, 2.24) is 15.2 Å². The molecular weight excluding hydrogens is 272 g/mol. The van der Waals surface area contributed by atoms with Crippen LogP contribution < -0.4 is 5.32 Å². The molecular formula is C14H10N4O3. The number of anilines is 1. The molecule has 0 spiro atoms. The Labute approximate surface area is 118 Å². The molecule has 3 aromatic rings. The number of fused-ring (bicyclic) bond motifs is 1. The van der Waals surface area contributed by atoms with Crippen molar-refractivity contribution < 1.29 is 14.7 Å². The second kappa shape index (κ2) is 5.04. The van der Waals surface area contributed by atoms with Gasteiger partial charge in [-0.25, -0.2) is 4.79 Å². The Morgan fingerprint density at radius 3 is 2.86 bits per heavy atom. The summed E-state index contributed by atoms with van der Waals surface area (Å²) in [6, 6.07) is 8.09. The highest BCUT2D eigenvalue weighted by molar-refractivity contribution is 6.11. The predicted molar refractivity (Wildman–Crippen MR) is 75.2 cm³/mol. The highest BCUT2D eigenvalue weighted by atomic mass is 16.4. The molecule has 0 radical (unpaired) electrons. The number of benzene rings is 1. The summed E-state index contributed by atoms with van der Waals surface area (Å²) >= 11 is 0. The largest absolute Gasteiger partial charge is 0.478 e. The summed E-state index contributed by atoms with van der Waals surface area (Å²) in [5, 5.41) is 19.2. The molecule has 3 N–H and O–H groups in total. The van der Waals surface area contributed by atoms with E-state index in [9.17, 15) is 9.59 Å². The SMILES string of the molecule is O=C(O)c1cccnc1C(=O)Nc1cccc2[nH]ncc12. The Morgan fingerprint density at radius 2 is 2.05 bits per heavy atom. The number of nitrogens with zero attached hydrogens (tertiary/aromatic N) is 2. The number of aromatic amines is 1. The number of hydrogen-bond donors (Lipinski definition) is 3. The first-order valence-corrected chi connectivity index (χ1v) is 6.08. The first-order valence-electron chi connectivity index (χ1n) is 6.08. The molecule has 0 fully saturated rings. The van der Waals surface area contributed by atoms with Crippen LogP contribution in [0, 0.1) is 0 Å². The van der Waals surface area contributed by atoms with Crippen molar-refractivity contribution >= 4 is 28.5 Å². The van der Waals surface area contributed by atoms with Crippen LogP contribution in [0.15, 0.2) is 42.7 Å². The molecule has 7 heteroatoms. The summed E-state index contributed by atoms with van der Waals surface area (Å²) in [5.41, 5.74) is 1.03. The predicted octanol–water partition coefficient (Wildman–Crippen LogP) is 1.91. The number of rotatable bonds is 3. The van der Waals surface area contributed by atoms with Gasteiger partial charge < -0.3 is 10.4 Å². The third-order valence-electron chi connectivity index (χ3n) is 2.99. The summed E-state index contributed by atoms with van der Waals surface area (Å²) in [7, 11) is 0. The van der Waals surface area contributed by atoms with Crippen LogP contribution in [0.5, 0.6) is 0 Å². The van der Waals surface area contributed by atoms with Gasteiger partial charge in [0.2, 0.25) is 0 Å². The molecule has 1 aromatic carbocycles. The highest BCUT2D eigenvalue weighted by Gasteiger charge is 2.18. The molecule has 7 nitrogen and oxygen atoms in total. The molecule has 21 heavy (non-hydrogen) atoms. The number of aromatic carboxylic acids is 1. The van der Waals surface area contributed by atoms with Gasteiger partial charge in [-0.2, -0.15) is 5.10 Å². The van der Waals surface area contributed by atoms with E-state index in [0.29, 0.717) is 5.69 Å². The standard InChI is InChI=1S/C14H10N4O3/c19-13(12-8(14(20)21)3-2-6-15-12)17-10-4-1-5-11-9(10)7-16-18-11/h1-7H,(H,16,18)(H,17,19)(H,20,21). The zero-order chi connectivity index (χ0) is 14.8. The zero-order valence-corrected chi connectivity index (χ0v) is 10.7. The van der Waals surface area contributed by atoms with Crippen molar-refractivity contribution in [2.24, 2.45) is 0 Å². The molecule has 2 aromatic heterocycles. The fraction of sp³-hybridized carbons (Fsp3) is 0. The minimum Gasteiger partial charge on any atom is -0.478 e. The van der Waals surface area contributed by atoms with Crippen molar-refractivity contribution in [1.29, 1.82) is 0 Å². The smallest absolute Gasteiger partial charge is 0.338 e. The third-order valence-corrected chi connectivity index (χ3v) is 2.99. The van der Waals surface area contributed by atoms with E-state index >= 15 is 0 Å². The molecule has 0 aliphatic heterocycles. The van der Waals surface area contributed by atoms with Gasteiger partial charge in [0.05, 0.1) is 23.0 Å². The van der Waals surface area contributed by atoms with E-state index in [2.05, 4.69) is 20.5 Å². The summed E-state index contributed by atoms with van der Waals surface area (Å²) in [6.07, 6.45) is 2.96. The monoisotopic (exact) mass is 282 g/mol. The van der Waals surface area contributed by atoms with Crippen LogP contribution in [0.2, 0.25) is 0 Å². The minimum atomic E-state index is -1.20. The molecule has 0 unspecified atom stereocenters. The second-order valence-electron chi connectivity index (χ2n) is 4.30. The van der Waals surface area contributed by atoms with E-state index in [1.165, 1.54) is 18.3 Å². The lowest BCUT2D eigenvalue weighted by Gasteiger charge is -2.07. The lowest BCUT2D eigenvalue weighted by molar-refractivity contribution is 0.0691. The maximum absolute atomic E-state index is 12.2. The number of carbonyl (C=O) groups is 2. The van der Waals surface area contributed by atoms with Gasteiger partial charge in [0, 0.05) is 11.6 Å². The first kappa shape index (κ1) is 12.8. The Bertz CT molecular complexity index is 841. The van der Waals surface area contributed by atoms with Crippen LogP contribution in [0.25, 0.3) is 10.9 Å². The maximum Gasteiger partial charge on any atom is 0.338 e. The average molecular weight is 282 g/mol. The van der Waals surface area contributed by atoms with Gasteiger partial charge in [0.25, 0.3) is 5.91 Å². The van der Waals surface area contributed by atoms with E-state index in [4.69, 9.17) is 5.11 Å². The molecule has 0 atom stereocenters. The van der Waals surface area contributed by atoms with Crippen LogP contribution in [-0.2, 0) is 0 Å². The summed E-state index contributed by atoms with van der Waals surface area (Å²) in [4.78, 5) is 27.2. The molecule has 0 aliphatic rings. The van der Waals surface area contributed by atoms with Gasteiger partial charge in [-0.05, 0) is 24.3 Å². The van der Waals surface area contributed by atoms with E-state index in [0.717, 1.165) is 10.9 Å². The lowest BCUT2D eigenvalue weighted by Crippen LogP contribution is -2.18. The van der Waals surface area contributed by atoms with E-state index in [1.807, 2.05) is 6.07 Å². The quantitative estimate of drug-likeness (QED) is 0.680. The number of nitrogens with one attached hydrogen (secondary N) is 2. The molecule has 1 amide bonds. The maximum atomic E-state index is 12.2. The fourth-order valence-electron chi connectivity index (χ4n) is 2.02. The van der Waals surface area contributed by atoms with Gasteiger partial charge in [-0.3, -0.25) is 14.9 Å². The molecule has 2 heterocycles. The van der Waals surface area contributed by atoms with Crippen molar-refractivity contribution in [2.45, 2.75) is 0 Å². The average Bonchev–Trinajstić information content (AvgIpc) is 2.96. The Hall–Kier alpha value is -3.22.